The molecule has 0 spiro atoms. The van der Waals surface area contributed by atoms with Crippen molar-refractivity contribution in [3.8, 4) is 0 Å². The van der Waals surface area contributed by atoms with E-state index in [1.807, 2.05) is 0 Å². The number of piperidine rings is 1. The first-order valence-corrected chi connectivity index (χ1v) is 9.77. The van der Waals surface area contributed by atoms with Gasteiger partial charge >= 0.3 is 0 Å². The zero-order chi connectivity index (χ0) is 19.8. The molecule has 27 heavy (non-hydrogen) atoms. The highest BCUT2D eigenvalue weighted by molar-refractivity contribution is 5.95. The first-order chi connectivity index (χ1) is 12.9. The smallest absolute Gasteiger partial charge is 0.293 e. The summed E-state index contributed by atoms with van der Waals surface area (Å²) in [4.78, 5) is 25.5. The molecule has 1 N–H and O–H groups in total. The van der Waals surface area contributed by atoms with Crippen LogP contribution in [0.1, 0.15) is 50.4 Å². The van der Waals surface area contributed by atoms with E-state index in [4.69, 9.17) is 4.74 Å². The van der Waals surface area contributed by atoms with Crippen molar-refractivity contribution >= 4 is 17.3 Å². The Morgan fingerprint density at radius 1 is 1.44 bits per heavy atom. The summed E-state index contributed by atoms with van der Waals surface area (Å²) in [6.07, 6.45) is 2.88. The predicted octanol–water partition coefficient (Wildman–Crippen LogP) is 3.62. The second-order valence-electron chi connectivity index (χ2n) is 7.73. The van der Waals surface area contributed by atoms with Crippen molar-refractivity contribution in [3.05, 3.63) is 33.9 Å². The molecule has 0 aliphatic carbocycles. The highest BCUT2D eigenvalue weighted by Gasteiger charge is 2.25. The van der Waals surface area contributed by atoms with Gasteiger partial charge < -0.3 is 15.0 Å². The van der Waals surface area contributed by atoms with Crippen LogP contribution in [0.2, 0.25) is 0 Å². The molecule has 7 nitrogen and oxygen atoms in total. The van der Waals surface area contributed by atoms with Crippen LogP contribution in [0, 0.1) is 22.0 Å². The van der Waals surface area contributed by atoms with E-state index in [1.54, 1.807) is 12.1 Å². The average molecular weight is 377 g/mol. The van der Waals surface area contributed by atoms with E-state index in [1.165, 1.54) is 6.07 Å². The number of hydrogen-bond acceptors (Lipinski definition) is 5. The second-order valence-corrected chi connectivity index (χ2v) is 7.73. The van der Waals surface area contributed by atoms with Gasteiger partial charge in [0.25, 0.3) is 11.6 Å². The van der Waals surface area contributed by atoms with Gasteiger partial charge in [0.1, 0.15) is 5.69 Å². The third kappa shape index (κ3) is 6.50. The molecule has 1 saturated heterocycles. The molecule has 1 aromatic rings. The van der Waals surface area contributed by atoms with E-state index in [9.17, 15) is 14.9 Å². The van der Waals surface area contributed by atoms with Crippen molar-refractivity contribution in [1.29, 1.82) is 0 Å². The number of anilines is 1. The number of benzene rings is 1. The van der Waals surface area contributed by atoms with Crippen LogP contribution in [0.25, 0.3) is 0 Å². The molecule has 2 rings (SSSR count). The van der Waals surface area contributed by atoms with E-state index in [-0.39, 0.29) is 11.6 Å². The Hall–Kier alpha value is -2.15. The minimum atomic E-state index is -0.398. The molecular weight excluding hydrogens is 346 g/mol. The summed E-state index contributed by atoms with van der Waals surface area (Å²) in [5, 5.41) is 14.3. The van der Waals surface area contributed by atoms with Crippen LogP contribution in [0.3, 0.4) is 0 Å². The third-order valence-electron chi connectivity index (χ3n) is 4.63. The maximum absolute atomic E-state index is 12.3. The summed E-state index contributed by atoms with van der Waals surface area (Å²) >= 11 is 0. The third-order valence-corrected chi connectivity index (χ3v) is 4.63. The Morgan fingerprint density at radius 2 is 2.22 bits per heavy atom. The predicted molar refractivity (Wildman–Crippen MR) is 106 cm³/mol. The van der Waals surface area contributed by atoms with Crippen molar-refractivity contribution in [1.82, 2.24) is 5.32 Å². The summed E-state index contributed by atoms with van der Waals surface area (Å²) in [7, 11) is 0. The van der Waals surface area contributed by atoms with E-state index in [2.05, 4.69) is 31.0 Å². The fourth-order valence-corrected chi connectivity index (χ4v) is 3.28. The SMILES string of the molecule is CC(C)COCCCNC(=O)c1ccc(N2CCCC(C)C2)c([N+](=O)[O-])c1. The number of rotatable bonds is 9. The molecular formula is C20H31N3O4. The lowest BCUT2D eigenvalue weighted by Crippen LogP contribution is -2.34. The van der Waals surface area contributed by atoms with Gasteiger partial charge in [-0.1, -0.05) is 20.8 Å². The lowest BCUT2D eigenvalue weighted by atomic mass is 9.99. The van der Waals surface area contributed by atoms with Gasteiger partial charge in [0.15, 0.2) is 0 Å². The van der Waals surface area contributed by atoms with Gasteiger partial charge in [-0.3, -0.25) is 14.9 Å². The number of amides is 1. The number of nitrogens with zero attached hydrogens (tertiary/aromatic N) is 2. The molecule has 0 radical (unpaired) electrons. The quantitative estimate of drug-likeness (QED) is 0.404. The number of ether oxygens (including phenoxy) is 1. The molecule has 1 unspecified atom stereocenters. The van der Waals surface area contributed by atoms with E-state index < -0.39 is 4.92 Å². The Kier molecular flexibility index (Phi) is 8.03. The maximum Gasteiger partial charge on any atom is 0.293 e. The Morgan fingerprint density at radius 3 is 2.89 bits per heavy atom. The lowest BCUT2D eigenvalue weighted by molar-refractivity contribution is -0.384. The molecule has 0 aromatic heterocycles. The van der Waals surface area contributed by atoms with Crippen molar-refractivity contribution in [2.45, 2.75) is 40.0 Å². The number of carbonyl (C=O) groups is 1. The minimum absolute atomic E-state index is 0.00276. The highest BCUT2D eigenvalue weighted by atomic mass is 16.6. The maximum atomic E-state index is 12.3. The highest BCUT2D eigenvalue weighted by Crippen LogP contribution is 2.32. The normalized spacial score (nSPS) is 17.2. The van der Waals surface area contributed by atoms with Gasteiger partial charge in [-0.15, -0.1) is 0 Å². The van der Waals surface area contributed by atoms with Crippen LogP contribution in [-0.2, 0) is 4.74 Å². The topological polar surface area (TPSA) is 84.7 Å². The summed E-state index contributed by atoms with van der Waals surface area (Å²) in [5.74, 6) is 0.710. The van der Waals surface area contributed by atoms with Crippen molar-refractivity contribution in [3.63, 3.8) is 0 Å². The molecule has 150 valence electrons. The number of carbonyl (C=O) groups excluding carboxylic acids is 1. The molecule has 1 fully saturated rings. The number of nitro groups is 1. The summed E-state index contributed by atoms with van der Waals surface area (Å²) in [6, 6.07) is 4.77. The van der Waals surface area contributed by atoms with Crippen LogP contribution in [0.5, 0.6) is 0 Å². The first kappa shape index (κ1) is 21.2. The van der Waals surface area contributed by atoms with Gasteiger partial charge in [0, 0.05) is 44.5 Å². The van der Waals surface area contributed by atoms with E-state index in [0.717, 1.165) is 25.9 Å². The fraction of sp³-hybridized carbons (Fsp3) is 0.650. The van der Waals surface area contributed by atoms with Gasteiger partial charge in [0.2, 0.25) is 0 Å². The molecule has 1 atom stereocenters. The summed E-state index contributed by atoms with van der Waals surface area (Å²) in [5.41, 5.74) is 0.917. The van der Waals surface area contributed by atoms with Gasteiger partial charge in [0.05, 0.1) is 4.92 Å². The van der Waals surface area contributed by atoms with Crippen LogP contribution in [-0.4, -0.2) is 43.7 Å². The molecule has 1 amide bonds. The van der Waals surface area contributed by atoms with E-state index in [0.29, 0.717) is 49.3 Å². The van der Waals surface area contributed by atoms with Gasteiger partial charge in [-0.2, -0.15) is 0 Å². The zero-order valence-corrected chi connectivity index (χ0v) is 16.6. The lowest BCUT2D eigenvalue weighted by Gasteiger charge is -2.32. The first-order valence-electron chi connectivity index (χ1n) is 9.77. The molecule has 1 aliphatic rings. The molecule has 1 aromatic carbocycles. The van der Waals surface area contributed by atoms with Crippen molar-refractivity contribution < 1.29 is 14.5 Å². The molecule has 7 heteroatoms. The number of nitrogens with one attached hydrogen (secondary N) is 1. The standard InChI is InChI=1S/C20H31N3O4/c1-15(2)14-27-11-5-9-21-20(24)17-7-8-18(19(12-17)23(25)26)22-10-4-6-16(3)13-22/h7-8,12,15-16H,4-6,9-11,13-14H2,1-3H3,(H,21,24). The molecule has 1 heterocycles. The monoisotopic (exact) mass is 377 g/mol. The van der Waals surface area contributed by atoms with Crippen LogP contribution in [0.4, 0.5) is 11.4 Å². The zero-order valence-electron chi connectivity index (χ0n) is 16.6. The number of hydrogen-bond donors (Lipinski definition) is 1. The second kappa shape index (κ2) is 10.3. The fourth-order valence-electron chi connectivity index (χ4n) is 3.28. The summed E-state index contributed by atoms with van der Waals surface area (Å²) < 4.78 is 5.48. The summed E-state index contributed by atoms with van der Waals surface area (Å²) in [6.45, 7) is 9.73. The van der Waals surface area contributed by atoms with E-state index >= 15 is 0 Å². The minimum Gasteiger partial charge on any atom is -0.381 e. The molecule has 0 bridgehead atoms. The Bertz CT molecular complexity index is 648. The van der Waals surface area contributed by atoms with Crippen molar-refractivity contribution in [2.24, 2.45) is 11.8 Å². The molecule has 1 aliphatic heterocycles. The molecule has 0 saturated carbocycles. The van der Waals surface area contributed by atoms with Gasteiger partial charge in [-0.25, -0.2) is 0 Å². The largest absolute Gasteiger partial charge is 0.381 e. The van der Waals surface area contributed by atoms with Crippen molar-refractivity contribution in [2.75, 3.05) is 37.7 Å². The Labute approximate surface area is 161 Å². The van der Waals surface area contributed by atoms with Crippen LogP contribution < -0.4 is 10.2 Å². The van der Waals surface area contributed by atoms with Crippen LogP contribution in [0.15, 0.2) is 18.2 Å². The van der Waals surface area contributed by atoms with Crippen LogP contribution >= 0.6 is 0 Å². The van der Waals surface area contributed by atoms with Gasteiger partial charge in [-0.05, 0) is 43.2 Å². The number of nitro benzene ring substituents is 1. The Balaban J connectivity index is 1.96. The average Bonchev–Trinajstić information content (AvgIpc) is 2.63.